The number of hydrogen-bond acceptors (Lipinski definition) is 4. The second-order valence-electron chi connectivity index (χ2n) is 8.90. The van der Waals surface area contributed by atoms with Crippen molar-refractivity contribution in [3.63, 3.8) is 0 Å². The van der Waals surface area contributed by atoms with Crippen molar-refractivity contribution in [2.24, 2.45) is 0 Å². The number of hydrogen-bond donors (Lipinski definition) is 0. The van der Waals surface area contributed by atoms with Gasteiger partial charge in [0.25, 0.3) is 0 Å². The van der Waals surface area contributed by atoms with Gasteiger partial charge in [-0.25, -0.2) is 12.8 Å². The first-order valence-corrected chi connectivity index (χ1v) is 12.8. The molecule has 0 amide bonds. The third kappa shape index (κ3) is 5.10. The first-order valence-electron chi connectivity index (χ1n) is 11.4. The highest BCUT2D eigenvalue weighted by Crippen LogP contribution is 2.39. The minimum Gasteiger partial charge on any atom is -0.469 e. The standard InChI is InChI=1S/C26H25F4NO4S/c1-16-19(13-24(32)35-2)12-18-6-7-21(27)15-23(18)25(16)17-8-10-31(11-9-17)36(33,34)22-5-3-4-20(14-22)26(28,29)30/h3-7,12,14-15,17H,8-11,13H2,1-2H3. The molecule has 0 N–H and O–H groups in total. The maximum absolute atomic E-state index is 14.2. The van der Waals surface area contributed by atoms with E-state index in [1.165, 1.54) is 23.5 Å². The highest BCUT2D eigenvalue weighted by molar-refractivity contribution is 7.89. The third-order valence-corrected chi connectivity index (χ3v) is 8.64. The first-order chi connectivity index (χ1) is 16.9. The van der Waals surface area contributed by atoms with Crippen LogP contribution in [0.15, 0.2) is 53.4 Å². The smallest absolute Gasteiger partial charge is 0.416 e. The number of esters is 1. The average Bonchev–Trinajstić information content (AvgIpc) is 2.84. The highest BCUT2D eigenvalue weighted by atomic mass is 32.2. The SMILES string of the molecule is COC(=O)Cc1cc2ccc(F)cc2c(C2CCN(S(=O)(=O)c3cccc(C(F)(F)F)c3)CC2)c1C. The van der Waals surface area contributed by atoms with E-state index in [1.807, 2.05) is 13.0 Å². The summed E-state index contributed by atoms with van der Waals surface area (Å²) < 4.78 is 85.7. The Labute approximate surface area is 206 Å². The molecule has 0 spiro atoms. The van der Waals surface area contributed by atoms with Gasteiger partial charge in [0.1, 0.15) is 5.82 Å². The normalized spacial score (nSPS) is 15.8. The van der Waals surface area contributed by atoms with Crippen molar-refractivity contribution in [2.75, 3.05) is 20.2 Å². The zero-order valence-electron chi connectivity index (χ0n) is 19.7. The van der Waals surface area contributed by atoms with Gasteiger partial charge in [-0.2, -0.15) is 17.5 Å². The molecule has 0 atom stereocenters. The lowest BCUT2D eigenvalue weighted by molar-refractivity contribution is -0.140. The number of carbonyl (C=O) groups excluding carboxylic acids is 1. The van der Waals surface area contributed by atoms with E-state index in [-0.39, 0.29) is 25.4 Å². The van der Waals surface area contributed by atoms with Crippen LogP contribution in [0.4, 0.5) is 17.6 Å². The molecule has 3 aromatic carbocycles. The van der Waals surface area contributed by atoms with E-state index in [0.29, 0.717) is 24.3 Å². The average molecular weight is 524 g/mol. The van der Waals surface area contributed by atoms with Gasteiger partial charge in [-0.1, -0.05) is 18.2 Å². The fourth-order valence-corrected chi connectivity index (χ4v) is 6.38. The van der Waals surface area contributed by atoms with Crippen LogP contribution in [0.2, 0.25) is 0 Å². The maximum Gasteiger partial charge on any atom is 0.416 e. The Balaban J connectivity index is 1.65. The number of rotatable bonds is 5. The lowest BCUT2D eigenvalue weighted by Crippen LogP contribution is -2.38. The van der Waals surface area contributed by atoms with Gasteiger partial charge in [-0.3, -0.25) is 4.79 Å². The van der Waals surface area contributed by atoms with Gasteiger partial charge < -0.3 is 4.74 Å². The molecule has 1 aliphatic rings. The Morgan fingerprint density at radius 3 is 2.42 bits per heavy atom. The van der Waals surface area contributed by atoms with Crippen LogP contribution >= 0.6 is 0 Å². The molecule has 1 heterocycles. The van der Waals surface area contributed by atoms with Crippen molar-refractivity contribution in [1.82, 2.24) is 4.31 Å². The number of methoxy groups -OCH3 is 1. The molecule has 1 fully saturated rings. The number of piperidine rings is 1. The zero-order valence-corrected chi connectivity index (χ0v) is 20.5. The monoisotopic (exact) mass is 523 g/mol. The summed E-state index contributed by atoms with van der Waals surface area (Å²) in [6.07, 6.45) is -3.81. The Kier molecular flexibility index (Phi) is 7.12. The van der Waals surface area contributed by atoms with Gasteiger partial charge in [0, 0.05) is 13.1 Å². The van der Waals surface area contributed by atoms with Crippen molar-refractivity contribution in [3.8, 4) is 0 Å². The summed E-state index contributed by atoms with van der Waals surface area (Å²) in [5.41, 5.74) is 1.39. The van der Waals surface area contributed by atoms with Crippen molar-refractivity contribution in [3.05, 3.63) is 76.6 Å². The molecule has 1 saturated heterocycles. The number of carbonyl (C=O) groups is 1. The predicted octanol–water partition coefficient (Wildman–Crippen LogP) is 5.59. The van der Waals surface area contributed by atoms with Gasteiger partial charge >= 0.3 is 12.1 Å². The number of alkyl halides is 3. The molecule has 10 heteroatoms. The van der Waals surface area contributed by atoms with Crippen LogP contribution in [0.1, 0.15) is 41.0 Å². The third-order valence-electron chi connectivity index (χ3n) is 6.74. The van der Waals surface area contributed by atoms with E-state index >= 15 is 0 Å². The minimum atomic E-state index is -4.65. The van der Waals surface area contributed by atoms with Crippen molar-refractivity contribution in [2.45, 2.75) is 43.2 Å². The fourth-order valence-electron chi connectivity index (χ4n) is 4.86. The Morgan fingerprint density at radius 2 is 1.78 bits per heavy atom. The number of benzene rings is 3. The summed E-state index contributed by atoms with van der Waals surface area (Å²) in [7, 11) is -2.82. The lowest BCUT2D eigenvalue weighted by Gasteiger charge is -2.33. The summed E-state index contributed by atoms with van der Waals surface area (Å²) in [5.74, 6) is -0.944. The van der Waals surface area contributed by atoms with Gasteiger partial charge in [0.2, 0.25) is 10.0 Å². The largest absolute Gasteiger partial charge is 0.469 e. The number of fused-ring (bicyclic) bond motifs is 1. The fraction of sp³-hybridized carbons (Fsp3) is 0.346. The van der Waals surface area contributed by atoms with E-state index in [2.05, 4.69) is 0 Å². The van der Waals surface area contributed by atoms with Crippen LogP contribution in [-0.2, 0) is 32.2 Å². The first kappa shape index (κ1) is 26.1. The van der Waals surface area contributed by atoms with E-state index in [1.54, 1.807) is 6.07 Å². The molecule has 4 rings (SSSR count). The molecule has 0 radical (unpaired) electrons. The predicted molar refractivity (Wildman–Crippen MR) is 127 cm³/mol. The number of nitrogens with zero attached hydrogens (tertiary/aromatic N) is 1. The molecule has 36 heavy (non-hydrogen) atoms. The molecule has 0 unspecified atom stereocenters. The van der Waals surface area contributed by atoms with Gasteiger partial charge in [-0.05, 0) is 83.5 Å². The highest BCUT2D eigenvalue weighted by Gasteiger charge is 2.35. The molecule has 1 aliphatic heterocycles. The van der Waals surface area contributed by atoms with E-state index in [0.717, 1.165) is 40.3 Å². The quantitative estimate of drug-likeness (QED) is 0.323. The molecule has 192 valence electrons. The van der Waals surface area contributed by atoms with Crippen LogP contribution in [0.25, 0.3) is 10.8 Å². The minimum absolute atomic E-state index is 0.0470. The summed E-state index contributed by atoms with van der Waals surface area (Å²) in [5, 5.41) is 1.45. The summed E-state index contributed by atoms with van der Waals surface area (Å²) in [4.78, 5) is 11.6. The molecular formula is C26H25F4NO4S. The molecule has 3 aromatic rings. The second kappa shape index (κ2) is 9.82. The molecular weight excluding hydrogens is 498 g/mol. The van der Waals surface area contributed by atoms with Crippen LogP contribution < -0.4 is 0 Å². The molecule has 5 nitrogen and oxygen atoms in total. The molecule has 0 aliphatic carbocycles. The summed E-state index contributed by atoms with van der Waals surface area (Å²) in [6.45, 7) is 2.05. The topological polar surface area (TPSA) is 63.7 Å². The number of ether oxygens (including phenoxy) is 1. The van der Waals surface area contributed by atoms with E-state index < -0.39 is 38.4 Å². The summed E-state index contributed by atoms with van der Waals surface area (Å²) in [6, 6.07) is 9.97. The second-order valence-corrected chi connectivity index (χ2v) is 10.8. The lowest BCUT2D eigenvalue weighted by atomic mass is 9.82. The van der Waals surface area contributed by atoms with Crippen molar-refractivity contribution in [1.29, 1.82) is 0 Å². The van der Waals surface area contributed by atoms with E-state index in [9.17, 15) is 30.8 Å². The van der Waals surface area contributed by atoms with E-state index in [4.69, 9.17) is 4.74 Å². The Morgan fingerprint density at radius 1 is 1.08 bits per heavy atom. The van der Waals surface area contributed by atoms with Crippen LogP contribution in [-0.4, -0.2) is 38.9 Å². The Bertz CT molecular complexity index is 1410. The number of sulfonamides is 1. The van der Waals surface area contributed by atoms with Gasteiger partial charge in [0.15, 0.2) is 0 Å². The van der Waals surface area contributed by atoms with Crippen LogP contribution in [0, 0.1) is 12.7 Å². The van der Waals surface area contributed by atoms with Crippen molar-refractivity contribution >= 4 is 26.8 Å². The zero-order chi connectivity index (χ0) is 26.3. The number of halogens is 4. The van der Waals surface area contributed by atoms with Gasteiger partial charge in [0.05, 0.1) is 24.0 Å². The molecule has 0 bridgehead atoms. The summed E-state index contributed by atoms with van der Waals surface area (Å²) >= 11 is 0. The van der Waals surface area contributed by atoms with Crippen LogP contribution in [0.3, 0.4) is 0 Å². The Hall–Kier alpha value is -2.98. The van der Waals surface area contributed by atoms with Gasteiger partial charge in [-0.15, -0.1) is 0 Å². The van der Waals surface area contributed by atoms with Crippen LogP contribution in [0.5, 0.6) is 0 Å². The van der Waals surface area contributed by atoms with Crippen molar-refractivity contribution < 1.29 is 35.5 Å². The molecule has 0 aromatic heterocycles. The molecule has 0 saturated carbocycles. The maximum atomic E-state index is 14.2.